The van der Waals surface area contributed by atoms with Crippen LogP contribution in [-0.2, 0) is 16.1 Å². The Balaban J connectivity index is 1.44. The van der Waals surface area contributed by atoms with Crippen molar-refractivity contribution in [1.29, 1.82) is 0 Å². The molecule has 0 atom stereocenters. The van der Waals surface area contributed by atoms with Crippen LogP contribution in [-0.4, -0.2) is 59.8 Å². The highest BCUT2D eigenvalue weighted by Crippen LogP contribution is 2.07. The van der Waals surface area contributed by atoms with Crippen molar-refractivity contribution >= 4 is 16.8 Å². The maximum atomic E-state index is 12.1. The van der Waals surface area contributed by atoms with Crippen LogP contribution < -0.4 is 16.6 Å². The fourth-order valence-corrected chi connectivity index (χ4v) is 3.28. The molecule has 1 fully saturated rings. The van der Waals surface area contributed by atoms with Gasteiger partial charge in [-0.25, -0.2) is 4.79 Å². The smallest absolute Gasteiger partial charge is 0.328 e. The van der Waals surface area contributed by atoms with Crippen molar-refractivity contribution in [3.63, 3.8) is 0 Å². The van der Waals surface area contributed by atoms with Crippen molar-refractivity contribution in [2.75, 3.05) is 39.4 Å². The third kappa shape index (κ3) is 5.27. The van der Waals surface area contributed by atoms with Gasteiger partial charge in [-0.1, -0.05) is 12.1 Å². The van der Waals surface area contributed by atoms with Crippen molar-refractivity contribution in [1.82, 2.24) is 19.8 Å². The molecule has 1 aliphatic rings. The van der Waals surface area contributed by atoms with E-state index < -0.39 is 11.2 Å². The summed E-state index contributed by atoms with van der Waals surface area (Å²) in [5.41, 5.74) is -0.349. The predicted molar refractivity (Wildman–Crippen MR) is 103 cm³/mol. The van der Waals surface area contributed by atoms with Crippen LogP contribution in [0.3, 0.4) is 0 Å². The summed E-state index contributed by atoms with van der Waals surface area (Å²) in [5, 5.41) is 3.35. The maximum absolute atomic E-state index is 12.1. The Morgan fingerprint density at radius 1 is 1.11 bits per heavy atom. The molecular weight excluding hydrogens is 348 g/mol. The SMILES string of the molecule is O=C(CCn1c(=O)[nH]c(=O)c2ccccc21)NCCCCN1CCOCC1. The zero-order valence-corrected chi connectivity index (χ0v) is 15.4. The average Bonchev–Trinajstić information content (AvgIpc) is 2.68. The Morgan fingerprint density at radius 3 is 2.70 bits per heavy atom. The van der Waals surface area contributed by atoms with Crippen molar-refractivity contribution in [3.05, 3.63) is 45.1 Å². The lowest BCUT2D eigenvalue weighted by atomic mass is 10.2. The van der Waals surface area contributed by atoms with Crippen molar-refractivity contribution in [2.24, 2.45) is 0 Å². The second-order valence-corrected chi connectivity index (χ2v) is 6.69. The Kier molecular flexibility index (Phi) is 6.78. The van der Waals surface area contributed by atoms with E-state index in [1.54, 1.807) is 24.3 Å². The first-order chi connectivity index (χ1) is 13.1. The summed E-state index contributed by atoms with van der Waals surface area (Å²) in [7, 11) is 0. The number of amides is 1. The van der Waals surface area contributed by atoms with Crippen molar-refractivity contribution in [2.45, 2.75) is 25.8 Å². The van der Waals surface area contributed by atoms with E-state index in [2.05, 4.69) is 15.2 Å². The van der Waals surface area contributed by atoms with Gasteiger partial charge in [0.1, 0.15) is 0 Å². The number of fused-ring (bicyclic) bond motifs is 1. The number of hydrogen-bond donors (Lipinski definition) is 2. The van der Waals surface area contributed by atoms with E-state index in [1.807, 2.05) is 0 Å². The summed E-state index contributed by atoms with van der Waals surface area (Å²) >= 11 is 0. The van der Waals surface area contributed by atoms with Crippen LogP contribution in [0.5, 0.6) is 0 Å². The first-order valence-corrected chi connectivity index (χ1v) is 9.44. The number of aromatic nitrogens is 2. The highest BCUT2D eigenvalue weighted by atomic mass is 16.5. The summed E-state index contributed by atoms with van der Waals surface area (Å²) in [6.07, 6.45) is 2.15. The number of rotatable bonds is 8. The number of hydrogen-bond acceptors (Lipinski definition) is 5. The summed E-state index contributed by atoms with van der Waals surface area (Å²) in [6, 6.07) is 6.90. The van der Waals surface area contributed by atoms with Gasteiger partial charge in [0.05, 0.1) is 24.1 Å². The largest absolute Gasteiger partial charge is 0.379 e. The molecule has 2 aromatic rings. The Labute approximate surface area is 157 Å². The van der Waals surface area contributed by atoms with E-state index in [0.717, 1.165) is 45.7 Å². The highest BCUT2D eigenvalue weighted by molar-refractivity contribution is 5.78. The number of nitrogens with zero attached hydrogens (tertiary/aromatic N) is 2. The molecule has 1 aliphatic heterocycles. The molecule has 0 aliphatic carbocycles. The monoisotopic (exact) mass is 374 g/mol. The minimum Gasteiger partial charge on any atom is -0.379 e. The van der Waals surface area contributed by atoms with E-state index in [4.69, 9.17) is 4.74 Å². The van der Waals surface area contributed by atoms with Gasteiger partial charge < -0.3 is 10.1 Å². The Hall–Kier alpha value is -2.45. The van der Waals surface area contributed by atoms with Crippen molar-refractivity contribution in [3.8, 4) is 0 Å². The molecule has 8 heteroatoms. The lowest BCUT2D eigenvalue weighted by Crippen LogP contribution is -2.37. The standard InChI is InChI=1S/C19H26N4O4/c24-17(20-8-3-4-9-22-11-13-27-14-12-22)7-10-23-16-6-2-1-5-15(16)18(25)21-19(23)26/h1-2,5-6H,3-4,7-14H2,(H,20,24)(H,21,25,26). The molecule has 1 saturated heterocycles. The fraction of sp³-hybridized carbons (Fsp3) is 0.526. The van der Waals surface area contributed by atoms with Gasteiger partial charge in [0.25, 0.3) is 5.56 Å². The van der Waals surface area contributed by atoms with Crippen LogP contribution in [0, 0.1) is 0 Å². The van der Waals surface area contributed by atoms with E-state index in [9.17, 15) is 14.4 Å². The summed E-state index contributed by atoms with van der Waals surface area (Å²) in [4.78, 5) is 40.7. The third-order valence-corrected chi connectivity index (χ3v) is 4.79. The molecule has 0 radical (unpaired) electrons. The van der Waals surface area contributed by atoms with Gasteiger partial charge in [0, 0.05) is 32.6 Å². The number of carbonyl (C=O) groups excluding carboxylic acids is 1. The Bertz CT molecular complexity index is 883. The summed E-state index contributed by atoms with van der Waals surface area (Å²) in [5.74, 6) is -0.0939. The number of nitrogens with one attached hydrogen (secondary N) is 2. The number of carbonyl (C=O) groups is 1. The van der Waals surface area contributed by atoms with Gasteiger partial charge in [-0.15, -0.1) is 0 Å². The topological polar surface area (TPSA) is 96.4 Å². The van der Waals surface area contributed by atoms with Gasteiger partial charge in [-0.05, 0) is 31.5 Å². The van der Waals surface area contributed by atoms with Gasteiger partial charge in [0.2, 0.25) is 5.91 Å². The molecular formula is C19H26N4O4. The van der Waals surface area contributed by atoms with Gasteiger partial charge in [-0.3, -0.25) is 24.0 Å². The highest BCUT2D eigenvalue weighted by Gasteiger charge is 2.10. The molecule has 2 heterocycles. The lowest BCUT2D eigenvalue weighted by Gasteiger charge is -2.26. The molecule has 0 saturated carbocycles. The number of unbranched alkanes of at least 4 members (excludes halogenated alkanes) is 1. The first-order valence-electron chi connectivity index (χ1n) is 9.44. The number of ether oxygens (including phenoxy) is 1. The minimum atomic E-state index is -0.489. The van der Waals surface area contributed by atoms with Gasteiger partial charge in [0.15, 0.2) is 0 Å². The van der Waals surface area contributed by atoms with Crippen LogP contribution in [0.1, 0.15) is 19.3 Å². The van der Waals surface area contributed by atoms with E-state index >= 15 is 0 Å². The van der Waals surface area contributed by atoms with Crippen LogP contribution in [0.25, 0.3) is 10.9 Å². The number of aromatic amines is 1. The van der Waals surface area contributed by atoms with E-state index in [-0.39, 0.29) is 18.9 Å². The van der Waals surface area contributed by atoms with E-state index in [1.165, 1.54) is 4.57 Å². The molecule has 1 amide bonds. The van der Waals surface area contributed by atoms with Crippen LogP contribution in [0.4, 0.5) is 0 Å². The molecule has 3 rings (SSSR count). The molecule has 1 aromatic heterocycles. The normalized spacial score (nSPS) is 15.1. The average molecular weight is 374 g/mol. The van der Waals surface area contributed by atoms with Crippen molar-refractivity contribution < 1.29 is 9.53 Å². The summed E-state index contributed by atoms with van der Waals surface area (Å²) < 4.78 is 6.76. The van der Waals surface area contributed by atoms with Gasteiger partial charge >= 0.3 is 5.69 Å². The fourth-order valence-electron chi connectivity index (χ4n) is 3.28. The first kappa shape index (κ1) is 19.3. The number of H-pyrrole nitrogens is 1. The molecule has 27 heavy (non-hydrogen) atoms. The second kappa shape index (κ2) is 9.48. The summed E-state index contributed by atoms with van der Waals surface area (Å²) in [6.45, 7) is 5.45. The molecule has 0 bridgehead atoms. The molecule has 0 unspecified atom stereocenters. The van der Waals surface area contributed by atoms with Gasteiger partial charge in [-0.2, -0.15) is 0 Å². The molecule has 8 nitrogen and oxygen atoms in total. The molecule has 0 spiro atoms. The quantitative estimate of drug-likeness (QED) is 0.648. The maximum Gasteiger partial charge on any atom is 0.328 e. The van der Waals surface area contributed by atoms with Crippen LogP contribution >= 0.6 is 0 Å². The third-order valence-electron chi connectivity index (χ3n) is 4.79. The molecule has 2 N–H and O–H groups in total. The number of para-hydroxylation sites is 1. The zero-order chi connectivity index (χ0) is 19.1. The minimum absolute atomic E-state index is 0.0939. The number of benzene rings is 1. The zero-order valence-electron chi connectivity index (χ0n) is 15.4. The van der Waals surface area contributed by atoms with E-state index in [0.29, 0.717) is 17.4 Å². The molecule has 146 valence electrons. The predicted octanol–water partition coefficient (Wildman–Crippen LogP) is 0.308. The number of aryl methyl sites for hydroxylation is 1. The van der Waals surface area contributed by atoms with Crippen LogP contribution in [0.2, 0.25) is 0 Å². The molecule has 1 aromatic carbocycles. The number of morpholine rings is 1. The second-order valence-electron chi connectivity index (χ2n) is 6.69. The van der Waals surface area contributed by atoms with Crippen LogP contribution in [0.15, 0.2) is 33.9 Å². The lowest BCUT2D eigenvalue weighted by molar-refractivity contribution is -0.121. The Morgan fingerprint density at radius 2 is 1.89 bits per heavy atom.